The Balaban J connectivity index is 1.59. The first-order valence-electron chi connectivity index (χ1n) is 13.3. The second-order valence-electron chi connectivity index (χ2n) is 10.2. The molecular formula is C28H36N10O. The van der Waals surface area contributed by atoms with E-state index in [1.165, 1.54) is 0 Å². The van der Waals surface area contributed by atoms with Gasteiger partial charge in [0.05, 0.1) is 29.5 Å². The number of fused-ring (bicyclic) bond motifs is 1. The van der Waals surface area contributed by atoms with E-state index in [0.717, 1.165) is 58.6 Å². The van der Waals surface area contributed by atoms with Crippen LogP contribution < -0.4 is 16.0 Å². The molecule has 1 unspecified atom stereocenters. The van der Waals surface area contributed by atoms with Crippen LogP contribution in [0, 0.1) is 13.8 Å². The minimum Gasteiger partial charge on any atom is -0.372 e. The molecule has 1 aromatic carbocycles. The molecule has 11 heteroatoms. The number of hydrogen-bond donors (Lipinski definition) is 2. The fourth-order valence-corrected chi connectivity index (χ4v) is 5.23. The summed E-state index contributed by atoms with van der Waals surface area (Å²) >= 11 is 0. The normalized spacial score (nSPS) is 18.7. The Morgan fingerprint density at radius 1 is 1.13 bits per heavy atom. The molecule has 11 nitrogen and oxygen atoms in total. The number of morpholine rings is 1. The van der Waals surface area contributed by atoms with E-state index in [9.17, 15) is 0 Å². The van der Waals surface area contributed by atoms with Gasteiger partial charge in [-0.25, -0.2) is 14.6 Å². The molecule has 4 aromatic rings. The highest BCUT2D eigenvalue weighted by molar-refractivity contribution is 5.85. The lowest BCUT2D eigenvalue weighted by Crippen LogP contribution is -2.46. The summed E-state index contributed by atoms with van der Waals surface area (Å²) in [6.07, 6.45) is 4.79. The zero-order valence-electron chi connectivity index (χ0n) is 23.4. The maximum absolute atomic E-state index is 6.11. The lowest BCUT2D eigenvalue weighted by Gasteiger charge is -2.38. The highest BCUT2D eigenvalue weighted by Crippen LogP contribution is 2.35. The quantitative estimate of drug-likeness (QED) is 0.361. The molecule has 1 fully saturated rings. The number of aryl methyl sites for hydroxylation is 3. The van der Waals surface area contributed by atoms with Crippen molar-refractivity contribution in [3.8, 4) is 0 Å². The van der Waals surface area contributed by atoms with Crippen molar-refractivity contribution >= 4 is 40.6 Å². The van der Waals surface area contributed by atoms with Gasteiger partial charge in [0.1, 0.15) is 11.6 Å². The van der Waals surface area contributed by atoms with Gasteiger partial charge in [-0.1, -0.05) is 25.1 Å². The van der Waals surface area contributed by atoms with Crippen LogP contribution in [0.1, 0.15) is 61.4 Å². The number of para-hydroxylation sites is 1. The zero-order valence-corrected chi connectivity index (χ0v) is 23.4. The van der Waals surface area contributed by atoms with Gasteiger partial charge in [-0.3, -0.25) is 0 Å². The van der Waals surface area contributed by atoms with Crippen molar-refractivity contribution in [1.29, 1.82) is 0 Å². The summed E-state index contributed by atoms with van der Waals surface area (Å²) in [5.41, 5.74) is 11.0. The summed E-state index contributed by atoms with van der Waals surface area (Å²) in [5, 5.41) is 16.5. The van der Waals surface area contributed by atoms with Crippen LogP contribution in [-0.2, 0) is 11.8 Å². The SMILES string of the molecule is CCC(Nc1nc(N)nc(C)c1/C=C/c1nnnn1C)c1cc2cccc(C)c2nc1N1C[C@@H](C)O[C@@H](C)C1. The van der Waals surface area contributed by atoms with Crippen molar-refractivity contribution in [2.45, 2.75) is 59.3 Å². The van der Waals surface area contributed by atoms with Crippen LogP contribution >= 0.6 is 0 Å². The summed E-state index contributed by atoms with van der Waals surface area (Å²) < 4.78 is 7.64. The number of nitrogens with two attached hydrogens (primary N) is 1. The number of rotatable bonds is 7. The number of nitrogens with one attached hydrogen (secondary N) is 1. The molecule has 1 aliphatic rings. The van der Waals surface area contributed by atoms with E-state index in [-0.39, 0.29) is 24.2 Å². The first-order chi connectivity index (χ1) is 18.7. The molecule has 3 aromatic heterocycles. The van der Waals surface area contributed by atoms with Crippen molar-refractivity contribution in [3.05, 3.63) is 52.5 Å². The number of hydrogen-bond acceptors (Lipinski definition) is 10. The van der Waals surface area contributed by atoms with Crippen molar-refractivity contribution in [2.24, 2.45) is 7.05 Å². The molecule has 0 saturated carbocycles. The van der Waals surface area contributed by atoms with E-state index >= 15 is 0 Å². The van der Waals surface area contributed by atoms with Crippen LogP contribution in [-0.4, -0.2) is 60.5 Å². The van der Waals surface area contributed by atoms with Gasteiger partial charge in [0, 0.05) is 36.7 Å². The van der Waals surface area contributed by atoms with Crippen LogP contribution in [0.4, 0.5) is 17.6 Å². The van der Waals surface area contributed by atoms with Crippen LogP contribution in [0.15, 0.2) is 24.3 Å². The number of anilines is 3. The molecule has 4 heterocycles. The lowest BCUT2D eigenvalue weighted by atomic mass is 10.00. The second-order valence-corrected chi connectivity index (χ2v) is 10.2. The number of pyridine rings is 1. The number of tetrazole rings is 1. The smallest absolute Gasteiger partial charge is 0.222 e. The van der Waals surface area contributed by atoms with Crippen molar-refractivity contribution < 1.29 is 4.74 Å². The monoisotopic (exact) mass is 528 g/mol. The van der Waals surface area contributed by atoms with Crippen LogP contribution in [0.2, 0.25) is 0 Å². The lowest BCUT2D eigenvalue weighted by molar-refractivity contribution is -0.00550. The Morgan fingerprint density at radius 2 is 1.90 bits per heavy atom. The van der Waals surface area contributed by atoms with Gasteiger partial charge in [-0.2, -0.15) is 4.98 Å². The average Bonchev–Trinajstić information content (AvgIpc) is 3.30. The standard InChI is InChI=1S/C28H36N10O/c1-7-23(31-26-21(19(5)30-28(29)33-26)11-12-24-34-35-36-37(24)6)22-13-20-10-8-9-16(2)25(20)32-27(22)38-14-17(3)39-18(4)15-38/h8-13,17-18,23H,7,14-15H2,1-6H3,(H3,29,30,31,33)/b12-11+/t17-,18+,23?. The molecule has 5 rings (SSSR count). The number of nitrogen functional groups attached to an aromatic ring is 1. The highest BCUT2D eigenvalue weighted by Gasteiger charge is 2.28. The maximum atomic E-state index is 6.11. The van der Waals surface area contributed by atoms with Gasteiger partial charge in [0.25, 0.3) is 0 Å². The van der Waals surface area contributed by atoms with E-state index in [1.54, 1.807) is 11.7 Å². The van der Waals surface area contributed by atoms with Crippen molar-refractivity contribution in [2.75, 3.05) is 29.0 Å². The maximum Gasteiger partial charge on any atom is 0.222 e. The zero-order chi connectivity index (χ0) is 27.7. The Labute approximate surface area is 228 Å². The summed E-state index contributed by atoms with van der Waals surface area (Å²) in [7, 11) is 1.79. The molecular weight excluding hydrogens is 492 g/mol. The van der Waals surface area contributed by atoms with E-state index in [0.29, 0.717) is 11.6 Å². The Hall–Kier alpha value is -4.12. The molecule has 1 aliphatic heterocycles. The third kappa shape index (κ3) is 5.53. The molecule has 0 spiro atoms. The topological polar surface area (TPSA) is 133 Å². The van der Waals surface area contributed by atoms with Crippen LogP contribution in [0.25, 0.3) is 23.1 Å². The first kappa shape index (κ1) is 26.5. The molecule has 3 atom stereocenters. The van der Waals surface area contributed by atoms with Crippen molar-refractivity contribution in [3.63, 3.8) is 0 Å². The molecule has 204 valence electrons. The van der Waals surface area contributed by atoms with E-state index in [1.807, 2.05) is 19.1 Å². The Morgan fingerprint density at radius 3 is 2.59 bits per heavy atom. The number of benzene rings is 1. The molecule has 39 heavy (non-hydrogen) atoms. The minimum absolute atomic E-state index is 0.0804. The summed E-state index contributed by atoms with van der Waals surface area (Å²) in [6, 6.07) is 8.49. The predicted molar refractivity (Wildman–Crippen MR) is 154 cm³/mol. The van der Waals surface area contributed by atoms with E-state index in [2.05, 4.69) is 87.7 Å². The second kappa shape index (κ2) is 10.9. The molecule has 0 aliphatic carbocycles. The number of aromatic nitrogens is 7. The number of ether oxygens (including phenoxy) is 1. The van der Waals surface area contributed by atoms with Crippen LogP contribution in [0.3, 0.4) is 0 Å². The Bertz CT molecular complexity index is 1500. The van der Waals surface area contributed by atoms with E-state index < -0.39 is 0 Å². The first-order valence-corrected chi connectivity index (χ1v) is 13.3. The largest absolute Gasteiger partial charge is 0.372 e. The predicted octanol–water partition coefficient (Wildman–Crippen LogP) is 4.09. The highest BCUT2D eigenvalue weighted by atomic mass is 16.5. The third-order valence-electron chi connectivity index (χ3n) is 7.08. The van der Waals surface area contributed by atoms with Crippen molar-refractivity contribution in [1.82, 2.24) is 35.2 Å². The Kier molecular flexibility index (Phi) is 7.42. The molecule has 1 saturated heterocycles. The van der Waals surface area contributed by atoms with Gasteiger partial charge in [0.15, 0.2) is 5.82 Å². The fraction of sp³-hybridized carbons (Fsp3) is 0.429. The molecule has 0 bridgehead atoms. The average molecular weight is 529 g/mol. The van der Waals surface area contributed by atoms with Gasteiger partial charge in [-0.15, -0.1) is 5.10 Å². The minimum atomic E-state index is -0.0804. The van der Waals surface area contributed by atoms with E-state index in [4.69, 9.17) is 15.5 Å². The summed E-state index contributed by atoms with van der Waals surface area (Å²) in [6.45, 7) is 12.0. The fourth-order valence-electron chi connectivity index (χ4n) is 5.23. The number of nitrogens with zero attached hydrogens (tertiary/aromatic N) is 8. The van der Waals surface area contributed by atoms with Crippen LogP contribution in [0.5, 0.6) is 0 Å². The molecule has 3 N–H and O–H groups in total. The summed E-state index contributed by atoms with van der Waals surface area (Å²) in [4.78, 5) is 16.6. The summed E-state index contributed by atoms with van der Waals surface area (Å²) in [5.74, 6) is 2.46. The molecule has 0 amide bonds. The van der Waals surface area contributed by atoms with Gasteiger partial charge >= 0.3 is 0 Å². The van der Waals surface area contributed by atoms with Gasteiger partial charge in [-0.05, 0) is 68.3 Å². The van der Waals surface area contributed by atoms with Gasteiger partial charge in [0.2, 0.25) is 5.95 Å². The third-order valence-corrected chi connectivity index (χ3v) is 7.08. The van der Waals surface area contributed by atoms with Gasteiger partial charge < -0.3 is 20.7 Å². The molecule has 0 radical (unpaired) electrons.